The van der Waals surface area contributed by atoms with Crippen LogP contribution in [0.25, 0.3) is 0 Å². The first-order valence-electron chi connectivity index (χ1n) is 5.41. The number of alkyl halides is 3. The van der Waals surface area contributed by atoms with E-state index in [4.69, 9.17) is 0 Å². The third kappa shape index (κ3) is 3.51. The number of nitrogens with zero attached hydrogens (tertiary/aromatic N) is 1. The molecule has 0 radical (unpaired) electrons. The molecule has 0 saturated heterocycles. The van der Waals surface area contributed by atoms with E-state index in [0.717, 1.165) is 18.3 Å². The van der Waals surface area contributed by atoms with Gasteiger partial charge in [0.2, 0.25) is 0 Å². The van der Waals surface area contributed by atoms with Crippen LogP contribution in [0.2, 0.25) is 0 Å². The number of thiazole rings is 1. The van der Waals surface area contributed by atoms with Crippen molar-refractivity contribution in [2.24, 2.45) is 0 Å². The topological polar surface area (TPSA) is 33.1 Å². The summed E-state index contributed by atoms with van der Waals surface area (Å²) < 4.78 is 63.0. The van der Waals surface area contributed by atoms with Crippen molar-refractivity contribution >= 4 is 11.3 Å². The van der Waals surface area contributed by atoms with E-state index in [1.807, 2.05) is 0 Å². The zero-order valence-electron chi connectivity index (χ0n) is 9.79. The highest BCUT2D eigenvalue weighted by Gasteiger charge is 2.35. The second kappa shape index (κ2) is 5.45. The van der Waals surface area contributed by atoms with Crippen molar-refractivity contribution in [2.75, 3.05) is 0 Å². The Balaban J connectivity index is 2.15. The molecule has 2 nitrogen and oxygen atoms in total. The molecule has 108 valence electrons. The summed E-state index contributed by atoms with van der Waals surface area (Å²) >= 11 is 0.302. The van der Waals surface area contributed by atoms with Crippen molar-refractivity contribution in [1.29, 1.82) is 0 Å². The Labute approximate surface area is 114 Å². The minimum atomic E-state index is -4.58. The molecule has 0 saturated carbocycles. The number of hydrogen-bond donors (Lipinski definition) is 1. The second-order valence-electron chi connectivity index (χ2n) is 4.06. The van der Waals surface area contributed by atoms with Gasteiger partial charge in [0, 0.05) is 18.7 Å². The van der Waals surface area contributed by atoms with E-state index in [1.165, 1.54) is 0 Å². The van der Waals surface area contributed by atoms with Crippen LogP contribution in [0.4, 0.5) is 22.0 Å². The van der Waals surface area contributed by atoms with Gasteiger partial charge in [0.05, 0.1) is 11.0 Å². The summed E-state index contributed by atoms with van der Waals surface area (Å²) in [5.74, 6) is -1.63. The lowest BCUT2D eigenvalue weighted by atomic mass is 10.1. The molecule has 0 fully saturated rings. The normalized spacial score (nSPS) is 13.5. The van der Waals surface area contributed by atoms with Crippen molar-refractivity contribution < 1.29 is 27.1 Å². The Morgan fingerprint density at radius 3 is 2.25 bits per heavy atom. The van der Waals surface area contributed by atoms with Gasteiger partial charge in [-0.2, -0.15) is 13.2 Å². The van der Waals surface area contributed by atoms with Gasteiger partial charge >= 0.3 is 6.18 Å². The van der Waals surface area contributed by atoms with Crippen LogP contribution in [0.1, 0.15) is 21.6 Å². The molecule has 0 aliphatic carbocycles. The fourth-order valence-electron chi connectivity index (χ4n) is 1.62. The van der Waals surface area contributed by atoms with E-state index in [1.54, 1.807) is 0 Å². The zero-order valence-corrected chi connectivity index (χ0v) is 10.6. The Morgan fingerprint density at radius 2 is 1.75 bits per heavy atom. The minimum Gasteiger partial charge on any atom is -0.387 e. The van der Waals surface area contributed by atoms with Crippen LogP contribution in [0.3, 0.4) is 0 Å². The highest BCUT2D eigenvalue weighted by molar-refractivity contribution is 7.11. The summed E-state index contributed by atoms with van der Waals surface area (Å²) in [6.45, 7) is 0. The van der Waals surface area contributed by atoms with Gasteiger partial charge < -0.3 is 5.11 Å². The zero-order chi connectivity index (χ0) is 14.9. The Morgan fingerprint density at radius 1 is 1.15 bits per heavy atom. The molecule has 0 aliphatic rings. The van der Waals surface area contributed by atoms with Crippen LogP contribution < -0.4 is 0 Å². The summed E-state index contributed by atoms with van der Waals surface area (Å²) in [7, 11) is 0. The third-order valence-corrected chi connectivity index (χ3v) is 3.59. The molecule has 1 aromatic heterocycles. The van der Waals surface area contributed by atoms with Gasteiger partial charge in [-0.3, -0.25) is 0 Å². The average molecular weight is 309 g/mol. The summed E-state index contributed by atoms with van der Waals surface area (Å²) in [5.41, 5.74) is 0.150. The standard InChI is InChI=1S/C12H8F5NOS/c13-7-1-6(2-8(14)4-7)3-9(19)10-5-18-11(20-10)12(15,16)17/h1-2,4-5,9,19H,3H2. The van der Waals surface area contributed by atoms with E-state index < -0.39 is 28.9 Å². The lowest BCUT2D eigenvalue weighted by Crippen LogP contribution is -2.03. The van der Waals surface area contributed by atoms with E-state index >= 15 is 0 Å². The number of hydrogen-bond acceptors (Lipinski definition) is 3. The Hall–Kier alpha value is -1.54. The second-order valence-corrected chi connectivity index (χ2v) is 5.13. The lowest BCUT2D eigenvalue weighted by Gasteiger charge is -2.08. The molecular weight excluding hydrogens is 301 g/mol. The summed E-state index contributed by atoms with van der Waals surface area (Å²) in [6, 6.07) is 2.69. The smallest absolute Gasteiger partial charge is 0.387 e. The largest absolute Gasteiger partial charge is 0.443 e. The molecule has 0 amide bonds. The lowest BCUT2D eigenvalue weighted by molar-refractivity contribution is -0.137. The maximum Gasteiger partial charge on any atom is 0.443 e. The van der Waals surface area contributed by atoms with Crippen LogP contribution in [0.15, 0.2) is 24.4 Å². The maximum atomic E-state index is 13.0. The van der Waals surface area contributed by atoms with Gasteiger partial charge in [-0.15, -0.1) is 11.3 Å². The molecule has 1 heterocycles. The molecule has 1 aromatic carbocycles. The Bertz CT molecular complexity index is 590. The summed E-state index contributed by atoms with van der Waals surface area (Å²) in [4.78, 5) is 3.16. The highest BCUT2D eigenvalue weighted by Crippen LogP contribution is 2.35. The monoisotopic (exact) mass is 309 g/mol. The van der Waals surface area contributed by atoms with Gasteiger partial charge in [0.1, 0.15) is 11.6 Å². The molecule has 1 N–H and O–H groups in total. The predicted octanol–water partition coefficient (Wildman–Crippen LogP) is 3.72. The van der Waals surface area contributed by atoms with Crippen molar-refractivity contribution in [3.05, 3.63) is 51.5 Å². The number of halogens is 5. The maximum absolute atomic E-state index is 13.0. The highest BCUT2D eigenvalue weighted by atomic mass is 32.1. The molecule has 8 heteroatoms. The predicted molar refractivity (Wildman–Crippen MR) is 62.1 cm³/mol. The molecule has 1 unspecified atom stereocenters. The minimum absolute atomic E-state index is 0.0120. The van der Waals surface area contributed by atoms with Crippen molar-refractivity contribution in [1.82, 2.24) is 4.98 Å². The molecule has 2 aromatic rings. The number of aromatic nitrogens is 1. The number of rotatable bonds is 3. The fourth-order valence-corrected chi connectivity index (χ4v) is 2.39. The Kier molecular flexibility index (Phi) is 4.05. The van der Waals surface area contributed by atoms with E-state index in [-0.39, 0.29) is 16.9 Å². The first-order valence-corrected chi connectivity index (χ1v) is 6.23. The number of aliphatic hydroxyl groups is 1. The van der Waals surface area contributed by atoms with Crippen LogP contribution >= 0.6 is 11.3 Å². The van der Waals surface area contributed by atoms with Crippen molar-refractivity contribution in [3.8, 4) is 0 Å². The molecular formula is C12H8F5NOS. The molecule has 1 atom stereocenters. The number of aliphatic hydroxyl groups excluding tert-OH is 1. The first kappa shape index (κ1) is 14.9. The van der Waals surface area contributed by atoms with Crippen molar-refractivity contribution in [2.45, 2.75) is 18.7 Å². The van der Waals surface area contributed by atoms with Crippen LogP contribution in [0.5, 0.6) is 0 Å². The molecule has 20 heavy (non-hydrogen) atoms. The van der Waals surface area contributed by atoms with E-state index in [2.05, 4.69) is 4.98 Å². The SMILES string of the molecule is OC(Cc1cc(F)cc(F)c1)c1cnc(C(F)(F)F)s1. The fraction of sp³-hybridized carbons (Fsp3) is 0.250. The van der Waals surface area contributed by atoms with Gasteiger partial charge in [-0.1, -0.05) is 0 Å². The van der Waals surface area contributed by atoms with E-state index in [0.29, 0.717) is 17.4 Å². The van der Waals surface area contributed by atoms with E-state index in [9.17, 15) is 27.1 Å². The average Bonchev–Trinajstić information content (AvgIpc) is 2.75. The van der Waals surface area contributed by atoms with Crippen molar-refractivity contribution in [3.63, 3.8) is 0 Å². The number of benzene rings is 1. The van der Waals surface area contributed by atoms with Crippen LogP contribution in [-0.2, 0) is 12.6 Å². The molecule has 2 rings (SSSR count). The van der Waals surface area contributed by atoms with Crippen LogP contribution in [0, 0.1) is 11.6 Å². The van der Waals surface area contributed by atoms with Gasteiger partial charge in [0.25, 0.3) is 0 Å². The quantitative estimate of drug-likeness (QED) is 0.877. The molecule has 0 bridgehead atoms. The van der Waals surface area contributed by atoms with Gasteiger partial charge in [0.15, 0.2) is 5.01 Å². The molecule has 0 aliphatic heterocycles. The van der Waals surface area contributed by atoms with Crippen LogP contribution in [-0.4, -0.2) is 10.1 Å². The first-order chi connectivity index (χ1) is 9.25. The third-order valence-electron chi connectivity index (χ3n) is 2.45. The summed E-state index contributed by atoms with van der Waals surface area (Å²) in [5, 5.41) is 8.72. The van der Waals surface area contributed by atoms with Gasteiger partial charge in [-0.25, -0.2) is 13.8 Å². The van der Waals surface area contributed by atoms with Gasteiger partial charge in [-0.05, 0) is 17.7 Å². The molecule has 0 spiro atoms. The summed E-state index contributed by atoms with van der Waals surface area (Å²) in [6.07, 6.45) is -5.17.